The Morgan fingerprint density at radius 2 is 1.95 bits per heavy atom. The Hall–Kier alpha value is -0.900. The van der Waals surface area contributed by atoms with E-state index in [9.17, 15) is 0 Å². The van der Waals surface area contributed by atoms with E-state index >= 15 is 0 Å². The summed E-state index contributed by atoms with van der Waals surface area (Å²) in [6, 6.07) is 11.6. The van der Waals surface area contributed by atoms with E-state index in [1.54, 1.807) is 0 Å². The van der Waals surface area contributed by atoms with E-state index in [0.29, 0.717) is 11.6 Å². The predicted octanol–water partition coefficient (Wildman–Crippen LogP) is 4.04. The Kier molecular flexibility index (Phi) is 3.85. The maximum atomic E-state index is 3.48. The van der Waals surface area contributed by atoms with Gasteiger partial charge in [-0.2, -0.15) is 0 Å². The van der Waals surface area contributed by atoms with Gasteiger partial charge in [-0.3, -0.25) is 4.90 Å². The smallest absolute Gasteiger partial charge is 0.0413 e. The fraction of sp³-hybridized carbons (Fsp3) is 0.529. The van der Waals surface area contributed by atoms with Gasteiger partial charge < -0.3 is 5.32 Å². The quantitative estimate of drug-likeness (QED) is 0.917. The molecule has 1 saturated heterocycles. The molecular formula is C17H24N2S. The zero-order chi connectivity index (χ0) is 14.2. The topological polar surface area (TPSA) is 15.3 Å². The first-order valence-electron chi connectivity index (χ1n) is 7.53. The summed E-state index contributed by atoms with van der Waals surface area (Å²) in [6.45, 7) is 7.07. The standard InChI is InChI=1S/C17H24N2S/c1-13(19-10-8-17(2,18-3)9-11-19)16-12-14-6-4-5-7-15(14)20-16/h4-7,12-13,18H,8-11H2,1-3H3. The van der Waals surface area contributed by atoms with E-state index in [-0.39, 0.29) is 0 Å². The molecule has 0 radical (unpaired) electrons. The average molecular weight is 288 g/mol. The first kappa shape index (κ1) is 14.1. The first-order valence-corrected chi connectivity index (χ1v) is 8.34. The van der Waals surface area contributed by atoms with Gasteiger partial charge in [0.15, 0.2) is 0 Å². The number of benzene rings is 1. The molecule has 1 aromatic heterocycles. The Labute approximate surface area is 125 Å². The van der Waals surface area contributed by atoms with Crippen LogP contribution in [0.15, 0.2) is 30.3 Å². The lowest BCUT2D eigenvalue weighted by molar-refractivity contribution is 0.119. The Morgan fingerprint density at radius 1 is 1.25 bits per heavy atom. The van der Waals surface area contributed by atoms with Gasteiger partial charge in [0.2, 0.25) is 0 Å². The van der Waals surface area contributed by atoms with E-state index in [0.717, 1.165) is 0 Å². The van der Waals surface area contributed by atoms with Crippen LogP contribution in [0.4, 0.5) is 0 Å². The minimum absolute atomic E-state index is 0.330. The van der Waals surface area contributed by atoms with Gasteiger partial charge in [-0.05, 0) is 51.3 Å². The summed E-state index contributed by atoms with van der Waals surface area (Å²) >= 11 is 1.95. The van der Waals surface area contributed by atoms with Gasteiger partial charge >= 0.3 is 0 Å². The highest BCUT2D eigenvalue weighted by Gasteiger charge is 2.30. The van der Waals surface area contributed by atoms with Crippen molar-refractivity contribution in [1.82, 2.24) is 10.2 Å². The molecule has 0 aliphatic carbocycles. The van der Waals surface area contributed by atoms with E-state index in [4.69, 9.17) is 0 Å². The molecule has 2 nitrogen and oxygen atoms in total. The van der Waals surface area contributed by atoms with Crippen LogP contribution in [0.2, 0.25) is 0 Å². The number of hydrogen-bond donors (Lipinski definition) is 1. The molecule has 1 fully saturated rings. The van der Waals surface area contributed by atoms with Crippen molar-refractivity contribution in [1.29, 1.82) is 0 Å². The van der Waals surface area contributed by atoms with Crippen LogP contribution in [-0.4, -0.2) is 30.6 Å². The number of nitrogens with one attached hydrogen (secondary N) is 1. The fourth-order valence-corrected chi connectivity index (χ4v) is 4.19. The number of likely N-dealkylation sites (tertiary alicyclic amines) is 1. The molecule has 0 bridgehead atoms. The fourth-order valence-electron chi connectivity index (χ4n) is 3.04. The van der Waals surface area contributed by atoms with Crippen LogP contribution in [0.3, 0.4) is 0 Å². The molecule has 20 heavy (non-hydrogen) atoms. The molecule has 0 amide bonds. The van der Waals surface area contributed by atoms with Gasteiger partial charge in [-0.15, -0.1) is 11.3 Å². The molecule has 1 atom stereocenters. The molecule has 2 heterocycles. The minimum Gasteiger partial charge on any atom is -0.314 e. The third-order valence-corrected chi connectivity index (χ3v) is 6.20. The minimum atomic E-state index is 0.330. The number of thiophene rings is 1. The highest BCUT2D eigenvalue weighted by Crippen LogP contribution is 2.34. The summed E-state index contributed by atoms with van der Waals surface area (Å²) < 4.78 is 1.41. The number of piperidine rings is 1. The molecule has 0 spiro atoms. The third kappa shape index (κ3) is 2.62. The second-order valence-corrected chi connectivity index (χ2v) is 7.32. The lowest BCUT2D eigenvalue weighted by Gasteiger charge is -2.41. The molecule has 2 aromatic rings. The largest absolute Gasteiger partial charge is 0.314 e. The maximum absolute atomic E-state index is 3.48. The van der Waals surface area contributed by atoms with E-state index in [1.165, 1.54) is 40.9 Å². The van der Waals surface area contributed by atoms with Gasteiger partial charge in [0.1, 0.15) is 0 Å². The van der Waals surface area contributed by atoms with Gasteiger partial charge in [-0.25, -0.2) is 0 Å². The monoisotopic (exact) mass is 288 g/mol. The third-order valence-electron chi connectivity index (χ3n) is 4.91. The maximum Gasteiger partial charge on any atom is 0.0413 e. The van der Waals surface area contributed by atoms with Crippen LogP contribution in [0.1, 0.15) is 37.6 Å². The highest BCUT2D eigenvalue weighted by molar-refractivity contribution is 7.19. The summed E-state index contributed by atoms with van der Waals surface area (Å²) in [5.74, 6) is 0. The van der Waals surface area contributed by atoms with Crippen molar-refractivity contribution >= 4 is 21.4 Å². The van der Waals surface area contributed by atoms with Crippen molar-refractivity contribution in [3.8, 4) is 0 Å². The Balaban J connectivity index is 1.74. The zero-order valence-electron chi connectivity index (χ0n) is 12.6. The van der Waals surface area contributed by atoms with Crippen molar-refractivity contribution in [2.24, 2.45) is 0 Å². The average Bonchev–Trinajstić information content (AvgIpc) is 2.91. The van der Waals surface area contributed by atoms with Gasteiger partial charge in [0, 0.05) is 34.2 Å². The lowest BCUT2D eigenvalue weighted by atomic mass is 9.89. The molecule has 1 aliphatic rings. The molecule has 108 valence electrons. The molecule has 1 N–H and O–H groups in total. The summed E-state index contributed by atoms with van der Waals surface area (Å²) in [6.07, 6.45) is 2.47. The Bertz CT molecular complexity index is 548. The molecule has 3 rings (SSSR count). The molecular weight excluding hydrogens is 264 g/mol. The number of hydrogen-bond acceptors (Lipinski definition) is 3. The van der Waals surface area contributed by atoms with Gasteiger partial charge in [0.25, 0.3) is 0 Å². The first-order chi connectivity index (χ1) is 9.61. The Morgan fingerprint density at radius 3 is 2.60 bits per heavy atom. The summed E-state index contributed by atoms with van der Waals surface area (Å²) in [5.41, 5.74) is 0.330. The van der Waals surface area contributed by atoms with Crippen LogP contribution in [0.5, 0.6) is 0 Å². The SMILES string of the molecule is CNC1(C)CCN(C(C)c2cc3ccccc3s2)CC1. The van der Waals surface area contributed by atoms with Crippen LogP contribution in [0.25, 0.3) is 10.1 Å². The molecule has 0 saturated carbocycles. The molecule has 1 aliphatic heterocycles. The second kappa shape index (κ2) is 5.47. The number of rotatable bonds is 3. The summed E-state index contributed by atoms with van der Waals surface area (Å²) in [7, 11) is 2.09. The van der Waals surface area contributed by atoms with Gasteiger partial charge in [0.05, 0.1) is 0 Å². The van der Waals surface area contributed by atoms with Crippen molar-refractivity contribution in [3.63, 3.8) is 0 Å². The zero-order valence-corrected chi connectivity index (χ0v) is 13.5. The van der Waals surface area contributed by atoms with Crippen LogP contribution in [-0.2, 0) is 0 Å². The van der Waals surface area contributed by atoms with Crippen LogP contribution in [0, 0.1) is 0 Å². The van der Waals surface area contributed by atoms with Crippen molar-refractivity contribution in [2.75, 3.05) is 20.1 Å². The molecule has 3 heteroatoms. The van der Waals surface area contributed by atoms with Crippen LogP contribution >= 0.6 is 11.3 Å². The molecule has 1 unspecified atom stereocenters. The van der Waals surface area contributed by atoms with E-state index in [1.807, 2.05) is 11.3 Å². The molecule has 1 aromatic carbocycles. The van der Waals surface area contributed by atoms with Crippen molar-refractivity contribution in [3.05, 3.63) is 35.2 Å². The van der Waals surface area contributed by atoms with Crippen molar-refractivity contribution in [2.45, 2.75) is 38.3 Å². The second-order valence-electron chi connectivity index (χ2n) is 6.21. The summed E-state index contributed by atoms with van der Waals surface area (Å²) in [5, 5.41) is 4.86. The number of fused-ring (bicyclic) bond motifs is 1. The van der Waals surface area contributed by atoms with E-state index in [2.05, 4.69) is 61.4 Å². The van der Waals surface area contributed by atoms with Gasteiger partial charge in [-0.1, -0.05) is 18.2 Å². The van der Waals surface area contributed by atoms with Crippen molar-refractivity contribution < 1.29 is 0 Å². The highest BCUT2D eigenvalue weighted by atomic mass is 32.1. The normalized spacial score (nSPS) is 21.1. The summed E-state index contributed by atoms with van der Waals surface area (Å²) in [4.78, 5) is 4.13. The lowest BCUT2D eigenvalue weighted by Crippen LogP contribution is -2.50. The van der Waals surface area contributed by atoms with E-state index < -0.39 is 0 Å². The van der Waals surface area contributed by atoms with Crippen LogP contribution < -0.4 is 5.32 Å². The predicted molar refractivity (Wildman–Crippen MR) is 88.5 cm³/mol. The number of nitrogens with zero attached hydrogens (tertiary/aromatic N) is 1.